The second kappa shape index (κ2) is 36.0. The molecule has 0 fully saturated rings. The van der Waals surface area contributed by atoms with Gasteiger partial charge < -0.3 is 0 Å². The van der Waals surface area contributed by atoms with Gasteiger partial charge in [-0.25, -0.2) is 0 Å². The molecule has 0 aliphatic heterocycles. The van der Waals surface area contributed by atoms with Crippen LogP contribution in [-0.4, -0.2) is 0 Å². The van der Waals surface area contributed by atoms with Crippen molar-refractivity contribution in [2.45, 2.75) is 0 Å². The van der Waals surface area contributed by atoms with E-state index in [1.807, 2.05) is 36.4 Å². The van der Waals surface area contributed by atoms with Crippen LogP contribution in [0, 0.1) is 0 Å². The van der Waals surface area contributed by atoms with Crippen molar-refractivity contribution < 1.29 is 20.4 Å². The number of hydrogen-bond donors (Lipinski definition) is 0. The van der Waals surface area contributed by atoms with Crippen LogP contribution in [0.25, 0.3) is 6.08 Å². The molecule has 85 heavy (non-hydrogen) atoms. The first-order valence-electron chi connectivity index (χ1n) is 28.2. The molecule has 0 bridgehead atoms. The third-order valence-electron chi connectivity index (χ3n) is 13.2. The van der Waals surface area contributed by atoms with Crippen LogP contribution in [0.4, 0.5) is 0 Å². The van der Waals surface area contributed by atoms with Crippen molar-refractivity contribution >= 4 is 101 Å². The van der Waals surface area contributed by atoms with Crippen molar-refractivity contribution in [2.24, 2.45) is 0 Å². The summed E-state index contributed by atoms with van der Waals surface area (Å²) in [6, 6.07) is 139. The molecule has 0 heterocycles. The fourth-order valence-electron chi connectivity index (χ4n) is 9.30. The predicted octanol–water partition coefficient (Wildman–Crippen LogP) is 16.1. The normalized spacial score (nSPS) is 10.3. The molecule has 0 saturated heterocycles. The zero-order chi connectivity index (χ0) is 57.5. The Morgan fingerprint density at radius 2 is 0.247 bits per heavy atom. The summed E-state index contributed by atoms with van der Waals surface area (Å²) in [5, 5.41) is 16.8. The molecule has 0 aliphatic carbocycles. The van der Waals surface area contributed by atoms with Crippen LogP contribution in [0.2, 0.25) is 0 Å². The molecule has 0 N–H and O–H groups in total. The Morgan fingerprint density at radius 1 is 0.153 bits per heavy atom. The van der Waals surface area contributed by atoms with Gasteiger partial charge in [0.25, 0.3) is 0 Å². The summed E-state index contributed by atoms with van der Waals surface area (Å²) in [6.07, 6.45) is 1.83. The van der Waals surface area contributed by atoms with Crippen molar-refractivity contribution in [2.75, 3.05) is 0 Å². The van der Waals surface area contributed by atoms with Gasteiger partial charge in [-0.05, 0) is 101 Å². The molecule has 0 radical (unpaired) electrons. The van der Waals surface area contributed by atoms with Crippen molar-refractivity contribution in [3.63, 3.8) is 0 Å². The molecule has 0 nitrogen and oxygen atoms in total. The molecule has 418 valence electrons. The van der Waals surface area contributed by atoms with Crippen LogP contribution < -0.4 is 63.7 Å². The maximum absolute atomic E-state index is 3.63. The first kappa shape index (κ1) is 63.0. The van der Waals surface area contributed by atoms with E-state index in [4.69, 9.17) is 0 Å². The van der Waals surface area contributed by atoms with Crippen LogP contribution in [0.5, 0.6) is 0 Å². The van der Waals surface area contributed by atoms with E-state index in [1.165, 1.54) is 69.2 Å². The Hall–Kier alpha value is -8.02. The quantitative estimate of drug-likeness (QED) is 0.0797. The topological polar surface area (TPSA) is 0 Å². The average Bonchev–Trinajstić information content (AvgIpc) is 3.67. The number of rotatable bonds is 13. The maximum atomic E-state index is 3.63. The summed E-state index contributed by atoms with van der Waals surface area (Å²) in [6.45, 7) is 3.63. The molecule has 0 amide bonds. The number of benzene rings is 13. The summed E-state index contributed by atoms with van der Waals surface area (Å²) in [5.41, 5.74) is 1.17. The first-order valence-corrected chi connectivity index (χ1v) is 33.6. The Balaban J connectivity index is 0.000000141. The molecule has 0 unspecified atom stereocenters. The minimum absolute atomic E-state index is 0. The van der Waals surface area contributed by atoms with E-state index in [2.05, 4.69) is 371 Å². The van der Waals surface area contributed by atoms with Gasteiger partial charge >= 0.3 is 0 Å². The molecule has 0 aromatic heterocycles. The van der Waals surface area contributed by atoms with Crippen LogP contribution in [0.3, 0.4) is 0 Å². The van der Waals surface area contributed by atoms with Crippen LogP contribution in [0.1, 0.15) is 5.56 Å². The Bertz CT molecular complexity index is 2960. The minimum atomic E-state index is -0.446. The molecule has 0 saturated carbocycles. The van der Waals surface area contributed by atoms with Gasteiger partial charge in [-0.3, -0.25) is 0 Å². The van der Waals surface area contributed by atoms with Gasteiger partial charge in [0.2, 0.25) is 0 Å². The molecule has 0 atom stereocenters. The summed E-state index contributed by atoms with van der Waals surface area (Å²) in [4.78, 5) is 0. The fraction of sp³-hybridized carbons (Fsp3) is 0. The monoisotopic (exact) mass is 1260 g/mol. The van der Waals surface area contributed by atoms with E-state index >= 15 is 0 Å². The van der Waals surface area contributed by atoms with E-state index < -0.39 is 31.7 Å². The second-order valence-electron chi connectivity index (χ2n) is 19.0. The Labute approximate surface area is 524 Å². The summed E-state index contributed by atoms with van der Waals surface area (Å²) in [7, 11) is -1.78. The van der Waals surface area contributed by atoms with Gasteiger partial charge in [-0.15, -0.1) is 0 Å². The summed E-state index contributed by atoms with van der Waals surface area (Å²) >= 11 is 0. The Kier molecular flexibility index (Phi) is 26.7. The van der Waals surface area contributed by atoms with Crippen molar-refractivity contribution in [3.05, 3.63) is 406 Å². The standard InChI is InChI=1S/4C18H15P.C8H8.Pd/c4*1-4-10-16(11-5-1)19(17-12-6-2-7-13-17)18-14-8-3-9-15-18;1-2-8-6-4-3-5-7-8;/h4*1-15H;2-7H,1H2;. The fourth-order valence-corrected chi connectivity index (χ4v) is 18.5. The molecule has 5 heteroatoms. The van der Waals surface area contributed by atoms with Crippen LogP contribution in [0.15, 0.2) is 401 Å². The van der Waals surface area contributed by atoms with Crippen LogP contribution in [-0.2, 0) is 20.4 Å². The molecule has 13 rings (SSSR count). The zero-order valence-corrected chi connectivity index (χ0v) is 52.5. The van der Waals surface area contributed by atoms with Gasteiger partial charge in [0, 0.05) is 20.4 Å². The van der Waals surface area contributed by atoms with Gasteiger partial charge in [-0.1, -0.05) is 407 Å². The van der Waals surface area contributed by atoms with E-state index in [1.54, 1.807) is 0 Å². The van der Waals surface area contributed by atoms with E-state index in [0.29, 0.717) is 0 Å². The van der Waals surface area contributed by atoms with E-state index in [-0.39, 0.29) is 20.4 Å². The SMILES string of the molecule is C=Cc1ccccc1.[Pd].c1ccc(P(c2ccccc2)c2ccccc2)cc1.c1ccc(P(c2ccccc2)c2ccccc2)cc1.c1ccc(P(c2ccccc2)c2ccccc2)cc1.c1ccc(P(c2ccccc2)c2ccccc2)cc1. The second-order valence-corrected chi connectivity index (χ2v) is 27.9. The van der Waals surface area contributed by atoms with Crippen molar-refractivity contribution in [1.29, 1.82) is 0 Å². The van der Waals surface area contributed by atoms with Gasteiger partial charge in [0.1, 0.15) is 0 Å². The molecular formula is C80H68P4Pd. The largest absolute Gasteiger partial charge is 0.0985 e. The van der Waals surface area contributed by atoms with Gasteiger partial charge in [0.05, 0.1) is 0 Å². The van der Waals surface area contributed by atoms with Crippen LogP contribution >= 0.6 is 31.7 Å². The van der Waals surface area contributed by atoms with Crippen molar-refractivity contribution in [3.8, 4) is 0 Å². The molecular weight excluding hydrogens is 1190 g/mol. The molecule has 13 aromatic carbocycles. The van der Waals surface area contributed by atoms with Crippen molar-refractivity contribution in [1.82, 2.24) is 0 Å². The molecule has 0 spiro atoms. The predicted molar refractivity (Wildman–Crippen MR) is 377 cm³/mol. The van der Waals surface area contributed by atoms with E-state index in [9.17, 15) is 0 Å². The molecule has 0 aliphatic rings. The zero-order valence-electron chi connectivity index (χ0n) is 47.4. The molecule has 13 aromatic rings. The Morgan fingerprint density at radius 3 is 0.329 bits per heavy atom. The van der Waals surface area contributed by atoms with E-state index in [0.717, 1.165) is 0 Å². The third-order valence-corrected chi connectivity index (χ3v) is 23.0. The first-order chi connectivity index (χ1) is 41.7. The maximum Gasteiger partial charge on any atom is 0 e. The summed E-state index contributed by atoms with van der Waals surface area (Å²) < 4.78 is 0. The smallest absolute Gasteiger partial charge is 0 e. The minimum Gasteiger partial charge on any atom is -0.0985 e. The summed E-state index contributed by atoms with van der Waals surface area (Å²) in [5.74, 6) is 0. The van der Waals surface area contributed by atoms with Gasteiger partial charge in [-0.2, -0.15) is 0 Å². The van der Waals surface area contributed by atoms with Gasteiger partial charge in [0.15, 0.2) is 0 Å². The number of hydrogen-bond acceptors (Lipinski definition) is 0. The third kappa shape index (κ3) is 19.5. The average molecular weight is 1260 g/mol.